The molecule has 0 aromatic heterocycles. The summed E-state index contributed by atoms with van der Waals surface area (Å²) < 4.78 is 25.2. The van der Waals surface area contributed by atoms with Crippen LogP contribution in [0.2, 0.25) is 0 Å². The molecule has 0 aliphatic carbocycles. The molecule has 0 atom stereocenters. The van der Waals surface area contributed by atoms with Gasteiger partial charge >= 0.3 is 21.1 Å². The van der Waals surface area contributed by atoms with Gasteiger partial charge in [0.15, 0.2) is 0 Å². The van der Waals surface area contributed by atoms with Crippen LogP contribution in [0.25, 0.3) is 11.1 Å². The fraction of sp³-hybridized carbons (Fsp3) is 0. The average molecular weight is 360 g/mol. The summed E-state index contributed by atoms with van der Waals surface area (Å²) in [6, 6.07) is 17.5. The summed E-state index contributed by atoms with van der Waals surface area (Å²) in [5.74, 6) is 0. The third kappa shape index (κ3) is 3.97. The molecular weight excluding hydrogens is 351 g/mol. The first-order chi connectivity index (χ1) is 8.25. The van der Waals surface area contributed by atoms with Gasteiger partial charge in [0.1, 0.15) is 12.0 Å². The minimum atomic E-state index is -3.60. The highest BCUT2D eigenvalue weighted by atomic mass is 127. The zero-order chi connectivity index (χ0) is 12.1. The summed E-state index contributed by atoms with van der Waals surface area (Å²) in [5.41, 5.74) is 2.22. The van der Waals surface area contributed by atoms with E-state index < -0.39 is 21.1 Å². The fourth-order valence-corrected chi connectivity index (χ4v) is 2.83. The minimum Gasteiger partial charge on any atom is -0.395 e. The van der Waals surface area contributed by atoms with Crippen LogP contribution in [0.15, 0.2) is 59.5 Å². The largest absolute Gasteiger partial charge is 0.522 e. The molecule has 0 bridgehead atoms. The van der Waals surface area contributed by atoms with Crippen molar-refractivity contribution in [2.45, 2.75) is 4.90 Å². The summed E-state index contributed by atoms with van der Waals surface area (Å²) in [6.45, 7) is 0. The van der Waals surface area contributed by atoms with Crippen LogP contribution < -0.4 is 27.9 Å². The first-order valence-electron chi connectivity index (χ1n) is 4.82. The van der Waals surface area contributed by atoms with E-state index in [1.165, 1.54) is 0 Å². The van der Waals surface area contributed by atoms with Gasteiger partial charge in [-0.15, -0.1) is 0 Å². The zero-order valence-electron chi connectivity index (χ0n) is 8.71. The van der Waals surface area contributed by atoms with Gasteiger partial charge in [-0.1, -0.05) is 42.5 Å². The third-order valence-electron chi connectivity index (χ3n) is 2.14. The highest BCUT2D eigenvalue weighted by Gasteiger charge is 2.13. The number of rotatable bonds is 4. The smallest absolute Gasteiger partial charge is 0.395 e. The molecule has 0 saturated heterocycles. The zero-order valence-corrected chi connectivity index (χ0v) is 11.7. The van der Waals surface area contributed by atoms with Gasteiger partial charge in [-0.3, -0.25) is 0 Å². The quantitative estimate of drug-likeness (QED) is 0.491. The van der Waals surface area contributed by atoms with Crippen LogP contribution in [0.5, 0.6) is 0 Å². The van der Waals surface area contributed by atoms with Crippen molar-refractivity contribution in [1.82, 2.24) is 0 Å². The highest BCUT2D eigenvalue weighted by Crippen LogP contribution is 2.23. The predicted octanol–water partition coefficient (Wildman–Crippen LogP) is -1.53. The van der Waals surface area contributed by atoms with Gasteiger partial charge < -0.3 is 6.87 Å². The summed E-state index contributed by atoms with van der Waals surface area (Å²) in [7, 11) is 0. The average Bonchev–Trinajstić information content (AvgIpc) is 2.38. The summed E-state index contributed by atoms with van der Waals surface area (Å²) >= 11 is -2.72. The van der Waals surface area contributed by atoms with Crippen LogP contribution in [-0.2, 0) is 2.51 Å². The Morgan fingerprint density at radius 1 is 0.824 bits per heavy atom. The normalized spacial score (nSPS) is 10.8. The Hall–Kier alpha value is -0.600. The van der Waals surface area contributed by atoms with E-state index in [-0.39, 0.29) is 0 Å². The molecule has 0 saturated carbocycles. The Morgan fingerprint density at radius 3 is 2.00 bits per heavy atom. The van der Waals surface area contributed by atoms with Crippen molar-refractivity contribution in [3.63, 3.8) is 0 Å². The minimum absolute atomic E-state index is 0.777. The Bertz CT molecular complexity index is 459. The van der Waals surface area contributed by atoms with Crippen LogP contribution in [0.4, 0.5) is 0 Å². The molecule has 5 heteroatoms. The van der Waals surface area contributed by atoms with Crippen molar-refractivity contribution in [3.8, 4) is 11.1 Å². The van der Waals surface area contributed by atoms with E-state index in [9.17, 15) is 6.87 Å². The van der Waals surface area contributed by atoms with E-state index in [0.29, 0.717) is 0 Å². The standard InChI is InChI=1S/C12H9IO3S/c14-13(15)16-17-12-8-6-11(7-9-12)10-4-2-1-3-5-10/h1-9H. The fourth-order valence-electron chi connectivity index (χ4n) is 1.40. The lowest BCUT2D eigenvalue weighted by Gasteiger charge is -2.01. The van der Waals surface area contributed by atoms with E-state index in [1.54, 1.807) is 0 Å². The van der Waals surface area contributed by atoms with E-state index in [2.05, 4.69) is 2.51 Å². The van der Waals surface area contributed by atoms with E-state index in [4.69, 9.17) is 0 Å². The second-order valence-electron chi connectivity index (χ2n) is 3.23. The van der Waals surface area contributed by atoms with E-state index in [0.717, 1.165) is 28.1 Å². The summed E-state index contributed by atoms with van der Waals surface area (Å²) in [4.78, 5) is 0.777. The van der Waals surface area contributed by atoms with Crippen LogP contribution in [-0.4, -0.2) is 0 Å². The molecule has 0 N–H and O–H groups in total. The topological polar surface area (TPSA) is 55.3 Å². The Balaban J connectivity index is 2.08. The van der Waals surface area contributed by atoms with Gasteiger partial charge in [0.2, 0.25) is 0 Å². The van der Waals surface area contributed by atoms with Gasteiger partial charge in [-0.2, -0.15) is 0 Å². The molecule has 0 unspecified atom stereocenters. The highest BCUT2D eigenvalue weighted by molar-refractivity contribution is 7.94. The molecule has 0 aliphatic rings. The van der Waals surface area contributed by atoms with E-state index >= 15 is 0 Å². The number of hydrogen-bond donors (Lipinski definition) is 0. The molecule has 0 aliphatic heterocycles. The van der Waals surface area contributed by atoms with Crippen molar-refractivity contribution in [2.75, 3.05) is 0 Å². The van der Waals surface area contributed by atoms with Crippen molar-refractivity contribution in [1.29, 1.82) is 0 Å². The molecule has 17 heavy (non-hydrogen) atoms. The maximum Gasteiger partial charge on any atom is 0.522 e. The SMILES string of the molecule is [O-][I+2]([O-])OSc1ccc(-c2ccccc2)cc1. The van der Waals surface area contributed by atoms with Gasteiger partial charge in [-0.05, 0) is 23.3 Å². The van der Waals surface area contributed by atoms with Gasteiger partial charge in [0.25, 0.3) is 0 Å². The maximum atomic E-state index is 10.3. The van der Waals surface area contributed by atoms with Crippen molar-refractivity contribution >= 4 is 12.0 Å². The lowest BCUT2D eigenvalue weighted by atomic mass is 10.1. The van der Waals surface area contributed by atoms with Gasteiger partial charge in [-0.25, -0.2) is 0 Å². The molecular formula is C12H9IO3S. The maximum absolute atomic E-state index is 10.3. The Kier molecular flexibility index (Phi) is 4.81. The summed E-state index contributed by atoms with van der Waals surface area (Å²) in [6.07, 6.45) is 0. The second-order valence-corrected chi connectivity index (χ2v) is 6.15. The lowest BCUT2D eigenvalue weighted by molar-refractivity contribution is -1.62. The van der Waals surface area contributed by atoms with Crippen molar-refractivity contribution in [2.24, 2.45) is 0 Å². The Labute approximate surface area is 113 Å². The molecule has 2 aromatic carbocycles. The monoisotopic (exact) mass is 360 g/mol. The first-order valence-corrected chi connectivity index (χ1v) is 8.20. The molecule has 2 aromatic rings. The third-order valence-corrected chi connectivity index (χ3v) is 4.19. The molecule has 3 nitrogen and oxygen atoms in total. The molecule has 0 fully saturated rings. The van der Waals surface area contributed by atoms with Gasteiger partial charge in [0.05, 0.1) is 2.51 Å². The molecule has 2 rings (SSSR count). The van der Waals surface area contributed by atoms with Crippen LogP contribution in [0, 0.1) is 0 Å². The summed E-state index contributed by atoms with van der Waals surface area (Å²) in [5, 5.41) is 0. The molecule has 0 radical (unpaired) electrons. The van der Waals surface area contributed by atoms with Crippen LogP contribution >= 0.6 is 12.0 Å². The van der Waals surface area contributed by atoms with Crippen LogP contribution in [0.1, 0.15) is 0 Å². The number of halogens is 1. The predicted molar refractivity (Wildman–Crippen MR) is 58.8 cm³/mol. The lowest BCUT2D eigenvalue weighted by Crippen LogP contribution is -3.98. The molecule has 0 spiro atoms. The van der Waals surface area contributed by atoms with Crippen molar-refractivity contribution in [3.05, 3.63) is 54.6 Å². The molecule has 0 heterocycles. The first kappa shape index (κ1) is 12.8. The van der Waals surface area contributed by atoms with Crippen LogP contribution in [0.3, 0.4) is 0 Å². The Morgan fingerprint density at radius 2 is 1.41 bits per heavy atom. The number of benzene rings is 2. The van der Waals surface area contributed by atoms with E-state index in [1.807, 2.05) is 54.6 Å². The molecule has 88 valence electrons. The second kappa shape index (κ2) is 6.36. The molecule has 0 amide bonds. The number of hydrogen-bond acceptors (Lipinski definition) is 4. The van der Waals surface area contributed by atoms with Gasteiger partial charge in [0, 0.05) is 4.90 Å². The van der Waals surface area contributed by atoms with Crippen molar-refractivity contribution < 1.29 is 30.4 Å².